The van der Waals surface area contributed by atoms with Crippen molar-refractivity contribution in [1.82, 2.24) is 9.13 Å². The van der Waals surface area contributed by atoms with Gasteiger partial charge in [-0.15, -0.1) is 0 Å². The summed E-state index contributed by atoms with van der Waals surface area (Å²) in [6.07, 6.45) is 0. The van der Waals surface area contributed by atoms with E-state index < -0.39 is 5.41 Å². The van der Waals surface area contributed by atoms with Crippen molar-refractivity contribution in [2.75, 3.05) is 4.90 Å². The van der Waals surface area contributed by atoms with Crippen molar-refractivity contribution in [2.24, 2.45) is 0 Å². The molecule has 0 radical (unpaired) electrons. The lowest BCUT2D eigenvalue weighted by Gasteiger charge is -2.39. The van der Waals surface area contributed by atoms with Crippen LogP contribution in [0.25, 0.3) is 111 Å². The maximum absolute atomic E-state index is 2.52. The molecule has 1 aliphatic heterocycles. The van der Waals surface area contributed by atoms with Crippen LogP contribution in [-0.2, 0) is 5.41 Å². The molecule has 1 aliphatic carbocycles. The molecule has 0 bridgehead atoms. The van der Waals surface area contributed by atoms with Gasteiger partial charge in [-0.2, -0.15) is 0 Å². The van der Waals surface area contributed by atoms with Gasteiger partial charge in [-0.1, -0.05) is 237 Å². The van der Waals surface area contributed by atoms with Gasteiger partial charge in [0, 0.05) is 44.2 Å². The molecule has 13 aromatic carbocycles. The highest BCUT2D eigenvalue weighted by molar-refractivity contribution is 6.13. The molecular weight excluding hydrogens is 991 g/mol. The number of fused-ring (bicyclic) bond motifs is 15. The summed E-state index contributed by atoms with van der Waals surface area (Å²) in [4.78, 5) is 2.45. The van der Waals surface area contributed by atoms with Gasteiger partial charge in [0.15, 0.2) is 0 Å². The first kappa shape index (κ1) is 46.2. The fourth-order valence-electron chi connectivity index (χ4n) is 14.2. The zero-order valence-electron chi connectivity index (χ0n) is 44.8. The molecule has 15 aromatic rings. The van der Waals surface area contributed by atoms with Crippen molar-refractivity contribution in [1.29, 1.82) is 0 Å². The first-order chi connectivity index (χ1) is 40.7. The Morgan fingerprint density at radius 1 is 0.256 bits per heavy atom. The molecule has 0 N–H and O–H groups in total. The average molecular weight is 1040 g/mol. The fraction of sp³-hybridized carbons (Fsp3) is 0.0127. The van der Waals surface area contributed by atoms with Crippen LogP contribution in [-0.4, -0.2) is 9.13 Å². The van der Waals surface area contributed by atoms with Crippen molar-refractivity contribution in [2.45, 2.75) is 5.41 Å². The van der Waals surface area contributed by atoms with Gasteiger partial charge in [0.1, 0.15) is 0 Å². The minimum atomic E-state index is -0.550. The number of rotatable bonds is 8. The molecule has 3 heterocycles. The van der Waals surface area contributed by atoms with Crippen molar-refractivity contribution in [3.8, 4) is 67.0 Å². The predicted octanol–water partition coefficient (Wildman–Crippen LogP) is 20.7. The molecule has 3 nitrogen and oxygen atoms in total. The fourth-order valence-corrected chi connectivity index (χ4v) is 14.2. The smallest absolute Gasteiger partial charge is 0.0754 e. The highest BCUT2D eigenvalue weighted by atomic mass is 15.1. The first-order valence-corrected chi connectivity index (χ1v) is 28.4. The van der Waals surface area contributed by atoms with Gasteiger partial charge in [0.25, 0.3) is 0 Å². The van der Waals surface area contributed by atoms with Crippen LogP contribution < -0.4 is 4.90 Å². The lowest BCUT2D eigenvalue weighted by molar-refractivity contribution is 0.749. The summed E-state index contributed by atoms with van der Waals surface area (Å²) in [5.74, 6) is 0. The van der Waals surface area contributed by atoms with E-state index in [1.165, 1.54) is 99.4 Å². The highest BCUT2D eigenvalue weighted by Gasteiger charge is 2.51. The Morgan fingerprint density at radius 3 is 1.51 bits per heavy atom. The van der Waals surface area contributed by atoms with Gasteiger partial charge in [-0.25, -0.2) is 0 Å². The zero-order valence-corrected chi connectivity index (χ0v) is 44.8. The largest absolute Gasteiger partial charge is 0.310 e. The van der Waals surface area contributed by atoms with Crippen LogP contribution in [0.15, 0.2) is 309 Å². The zero-order chi connectivity index (χ0) is 53.9. The molecule has 1 spiro atoms. The number of anilines is 3. The second-order valence-electron chi connectivity index (χ2n) is 21.9. The summed E-state index contributed by atoms with van der Waals surface area (Å²) in [6, 6.07) is 115. The van der Waals surface area contributed by atoms with Gasteiger partial charge < -0.3 is 14.0 Å². The minimum absolute atomic E-state index is 0.550. The minimum Gasteiger partial charge on any atom is -0.310 e. The van der Waals surface area contributed by atoms with Crippen LogP contribution >= 0.6 is 0 Å². The summed E-state index contributed by atoms with van der Waals surface area (Å²) < 4.78 is 4.92. The van der Waals surface area contributed by atoms with Gasteiger partial charge in [-0.05, 0) is 145 Å². The summed E-state index contributed by atoms with van der Waals surface area (Å²) in [7, 11) is 0. The van der Waals surface area contributed by atoms with E-state index in [1.807, 2.05) is 0 Å². The Hall–Kier alpha value is -10.7. The quantitative estimate of drug-likeness (QED) is 0.148. The number of benzene rings is 13. The van der Waals surface area contributed by atoms with Gasteiger partial charge in [0.2, 0.25) is 0 Å². The van der Waals surface area contributed by atoms with Crippen LogP contribution in [0.5, 0.6) is 0 Å². The number of para-hydroxylation sites is 6. The van der Waals surface area contributed by atoms with Crippen LogP contribution in [0.4, 0.5) is 17.1 Å². The molecule has 0 saturated carbocycles. The Labute approximate surface area is 476 Å². The second-order valence-corrected chi connectivity index (χ2v) is 21.9. The van der Waals surface area contributed by atoms with E-state index in [0.29, 0.717) is 0 Å². The number of aromatic nitrogens is 2. The van der Waals surface area contributed by atoms with Gasteiger partial charge in [0.05, 0.1) is 38.9 Å². The molecule has 382 valence electrons. The van der Waals surface area contributed by atoms with Crippen LogP contribution in [0.1, 0.15) is 22.3 Å². The van der Waals surface area contributed by atoms with Crippen molar-refractivity contribution in [3.63, 3.8) is 0 Å². The third kappa shape index (κ3) is 6.77. The summed E-state index contributed by atoms with van der Waals surface area (Å²) in [5.41, 5.74) is 27.1. The molecule has 2 aromatic heterocycles. The Bertz CT molecular complexity index is 4990. The van der Waals surface area contributed by atoms with Crippen molar-refractivity contribution < 1.29 is 0 Å². The summed E-state index contributed by atoms with van der Waals surface area (Å²) in [6.45, 7) is 0. The standard InChI is InChI=1S/C79H51N3/c1-2-19-52(20-3-1)53-39-41-55(42-40-53)62-25-5-11-34-73(62)80(59-46-43-54(44-47-59)56-21-16-24-61(49-56)81-74-35-12-6-27-65(74)66-28-7-13-36-75(66)81)60-23-17-22-57(50-60)58-45-48-64-63-26-4-9-31-69(63)79(72(64)51-58)70-32-10-15-38-77(70)82-76-37-14-8-29-67(76)68-30-18-33-71(79)78(68)82/h1-51H. The first-order valence-electron chi connectivity index (χ1n) is 28.4. The van der Waals surface area contributed by atoms with E-state index in [9.17, 15) is 0 Å². The van der Waals surface area contributed by atoms with E-state index in [4.69, 9.17) is 0 Å². The van der Waals surface area contributed by atoms with Gasteiger partial charge in [-0.3, -0.25) is 0 Å². The lowest BCUT2D eigenvalue weighted by Crippen LogP contribution is -2.33. The van der Waals surface area contributed by atoms with Crippen LogP contribution in [0.3, 0.4) is 0 Å². The molecular formula is C79H51N3. The molecule has 0 amide bonds. The molecule has 17 rings (SSSR count). The third-order valence-corrected chi connectivity index (χ3v) is 17.7. The Balaban J connectivity index is 0.819. The third-order valence-electron chi connectivity index (χ3n) is 17.7. The van der Waals surface area contributed by atoms with E-state index in [2.05, 4.69) is 323 Å². The SMILES string of the molecule is c1ccc(-c2ccc(-c3ccccc3N(c3ccc(-c4cccc(-n5c6ccccc6c6ccccc65)c4)cc3)c3cccc(-c4ccc5c(c4)C4(c6ccccc6-5)c5ccccc5-n5c6ccccc6c6cccc4c65)c3)cc2)cc1. The lowest BCUT2D eigenvalue weighted by atomic mass is 9.65. The van der Waals surface area contributed by atoms with Gasteiger partial charge >= 0.3 is 0 Å². The molecule has 0 saturated heterocycles. The predicted molar refractivity (Wildman–Crippen MR) is 342 cm³/mol. The molecule has 3 heteroatoms. The molecule has 1 unspecified atom stereocenters. The van der Waals surface area contributed by atoms with Crippen LogP contribution in [0, 0.1) is 0 Å². The molecule has 0 fully saturated rings. The van der Waals surface area contributed by atoms with E-state index in [0.717, 1.165) is 50.6 Å². The maximum Gasteiger partial charge on any atom is 0.0754 e. The van der Waals surface area contributed by atoms with Crippen molar-refractivity contribution >= 4 is 60.7 Å². The number of hydrogen-bond donors (Lipinski definition) is 0. The van der Waals surface area contributed by atoms with E-state index in [1.54, 1.807) is 0 Å². The Morgan fingerprint density at radius 2 is 0.744 bits per heavy atom. The average Bonchev–Trinajstić information content (AvgIpc) is 2.57. The van der Waals surface area contributed by atoms with E-state index >= 15 is 0 Å². The van der Waals surface area contributed by atoms with Crippen LogP contribution in [0.2, 0.25) is 0 Å². The topological polar surface area (TPSA) is 13.1 Å². The monoisotopic (exact) mass is 1040 g/mol. The normalized spacial score (nSPS) is 13.9. The molecule has 1 atom stereocenters. The molecule has 82 heavy (non-hydrogen) atoms. The molecule has 2 aliphatic rings. The van der Waals surface area contributed by atoms with Crippen molar-refractivity contribution in [3.05, 3.63) is 332 Å². The second kappa shape index (κ2) is 18.2. The Kier molecular flexibility index (Phi) is 10.2. The van der Waals surface area contributed by atoms with E-state index in [-0.39, 0.29) is 0 Å². The maximum atomic E-state index is 2.52. The number of hydrogen-bond acceptors (Lipinski definition) is 1. The number of nitrogens with zero attached hydrogens (tertiary/aromatic N) is 3. The summed E-state index contributed by atoms with van der Waals surface area (Å²) in [5, 5.41) is 5.07. The summed E-state index contributed by atoms with van der Waals surface area (Å²) >= 11 is 0. The highest BCUT2D eigenvalue weighted by Crippen LogP contribution is 2.61.